The van der Waals surface area contributed by atoms with Gasteiger partial charge in [-0.05, 0) is 0 Å². The third-order valence-corrected chi connectivity index (χ3v) is 5.45. The van der Waals surface area contributed by atoms with Gasteiger partial charge in [0.25, 0.3) is 0 Å². The first-order chi connectivity index (χ1) is 9.61. The van der Waals surface area contributed by atoms with Crippen LogP contribution in [0.5, 0.6) is 0 Å². The van der Waals surface area contributed by atoms with Gasteiger partial charge in [-0.3, -0.25) is 0 Å². The van der Waals surface area contributed by atoms with Crippen LogP contribution < -0.4 is 0 Å². The Morgan fingerprint density at radius 1 is 0.667 bits per heavy atom. The molecule has 0 fully saturated rings. The number of nitrogens with zero attached hydrogens (tertiary/aromatic N) is 3. The summed E-state index contributed by atoms with van der Waals surface area (Å²) in [6.45, 7) is 4.58. The first-order valence-corrected chi connectivity index (χ1v) is 9.80. The van der Waals surface area contributed by atoms with Gasteiger partial charge in [0.2, 0.25) is 0 Å². The van der Waals surface area contributed by atoms with Crippen LogP contribution in [0.4, 0.5) is 0 Å². The molecule has 0 aliphatic heterocycles. The van der Waals surface area contributed by atoms with Crippen molar-refractivity contribution in [1.82, 2.24) is 0 Å². The Morgan fingerprint density at radius 2 is 0.857 bits per heavy atom. The van der Waals surface area contributed by atoms with Gasteiger partial charge in [-0.15, -0.1) is 0 Å². The molecular formula is C8H18N3O9Sn. The maximum absolute atomic E-state index is 8.25. The molecule has 0 aromatic heterocycles. The molecule has 0 heterocycles. The fourth-order valence-electron chi connectivity index (χ4n) is 0.729. The molecule has 0 saturated heterocycles. The summed E-state index contributed by atoms with van der Waals surface area (Å²) >= 11 is 0.149. The van der Waals surface area contributed by atoms with Crippen LogP contribution in [0, 0.1) is 46.0 Å². The van der Waals surface area contributed by atoms with Crippen molar-refractivity contribution in [2.45, 2.75) is 48.4 Å². The Balaban J connectivity index is -0.000000102. The Hall–Kier alpha value is -1.60. The summed E-state index contributed by atoms with van der Waals surface area (Å²) in [5.41, 5.74) is 0. The van der Waals surface area contributed by atoms with Crippen molar-refractivity contribution in [3.8, 4) is 0 Å². The standard InChI is InChI=1S/2C4H9.3NO3.Sn/c2*1-3-4-2;3*2-1(3)4;/h2*1,3-4H2,2H3;;;;/q;;3*-1;+3. The van der Waals surface area contributed by atoms with E-state index in [0.29, 0.717) is 0 Å². The molecule has 12 nitrogen and oxygen atoms in total. The molecule has 0 rings (SSSR count). The van der Waals surface area contributed by atoms with E-state index in [-0.39, 0.29) is 21.1 Å². The van der Waals surface area contributed by atoms with Crippen molar-refractivity contribution >= 4 is 21.1 Å². The van der Waals surface area contributed by atoms with E-state index in [4.69, 9.17) is 46.0 Å². The molecular weight excluding hydrogens is 401 g/mol. The molecule has 13 heteroatoms. The van der Waals surface area contributed by atoms with Gasteiger partial charge in [0.15, 0.2) is 0 Å². The van der Waals surface area contributed by atoms with Crippen LogP contribution in [0.25, 0.3) is 0 Å². The largest absolute Gasteiger partial charge is 0.356 e. The zero-order chi connectivity index (χ0) is 17.7. The fraction of sp³-hybridized carbons (Fsp3) is 1.00. The quantitative estimate of drug-likeness (QED) is 0.268. The van der Waals surface area contributed by atoms with Crippen molar-refractivity contribution < 1.29 is 15.3 Å². The van der Waals surface area contributed by atoms with Crippen molar-refractivity contribution in [3.63, 3.8) is 0 Å². The summed E-state index contributed by atoms with van der Waals surface area (Å²) in [5, 5.41) is 44.2. The maximum atomic E-state index is 8.25. The van der Waals surface area contributed by atoms with Crippen LogP contribution in [0.3, 0.4) is 0 Å². The minimum absolute atomic E-state index is 0.149. The van der Waals surface area contributed by atoms with E-state index < -0.39 is 15.3 Å². The molecule has 0 aromatic carbocycles. The van der Waals surface area contributed by atoms with Gasteiger partial charge < -0.3 is 46.0 Å². The Morgan fingerprint density at radius 3 is 1.00 bits per heavy atom. The van der Waals surface area contributed by atoms with Crippen LogP contribution >= 0.6 is 0 Å². The average molecular weight is 419 g/mol. The van der Waals surface area contributed by atoms with E-state index in [1.54, 1.807) is 8.87 Å². The fourth-order valence-corrected chi connectivity index (χ4v) is 4.89. The summed E-state index contributed by atoms with van der Waals surface area (Å²) in [6, 6.07) is 0. The SMILES string of the molecule is CCC[CH2][Sn+3][CH2]CCC.O=[N+]([O-])[O-].O=[N+]([O-])[O-].O=[N+]([O-])[O-]. The van der Waals surface area contributed by atoms with Crippen molar-refractivity contribution in [1.29, 1.82) is 0 Å². The number of hydrogen-bond donors (Lipinski definition) is 0. The smallest absolute Gasteiger partial charge is 0.0689 e. The zero-order valence-corrected chi connectivity index (χ0v) is 14.6. The van der Waals surface area contributed by atoms with Gasteiger partial charge in [-0.2, -0.15) is 0 Å². The second kappa shape index (κ2) is 26.9. The zero-order valence-electron chi connectivity index (χ0n) is 11.8. The van der Waals surface area contributed by atoms with Crippen LogP contribution in [0.2, 0.25) is 8.87 Å². The summed E-state index contributed by atoms with van der Waals surface area (Å²) in [7, 11) is 0. The summed E-state index contributed by atoms with van der Waals surface area (Å²) in [6.07, 6.45) is 5.84. The Labute approximate surface area is 131 Å². The molecule has 0 unspecified atom stereocenters. The molecule has 21 heavy (non-hydrogen) atoms. The van der Waals surface area contributed by atoms with Crippen molar-refractivity contribution in [2.24, 2.45) is 0 Å². The maximum Gasteiger partial charge on any atom is 0.0689 e. The number of hydrogen-bond acceptors (Lipinski definition) is 9. The number of unbranched alkanes of at least 4 members (excludes halogenated alkanes) is 2. The number of rotatable bonds is 6. The van der Waals surface area contributed by atoms with E-state index >= 15 is 0 Å². The second-order valence-corrected chi connectivity index (χ2v) is 7.41. The van der Waals surface area contributed by atoms with Gasteiger partial charge in [0, 0.05) is 0 Å². The first-order valence-electron chi connectivity index (χ1n) is 5.76. The van der Waals surface area contributed by atoms with Gasteiger partial charge in [0.1, 0.15) is 0 Å². The molecule has 0 amide bonds. The predicted molar refractivity (Wildman–Crippen MR) is 76.3 cm³/mol. The molecule has 0 spiro atoms. The third-order valence-electron chi connectivity index (χ3n) is 1.41. The van der Waals surface area contributed by atoms with Crippen molar-refractivity contribution in [2.75, 3.05) is 0 Å². The topological polar surface area (TPSA) is 199 Å². The van der Waals surface area contributed by atoms with E-state index in [2.05, 4.69) is 13.8 Å². The van der Waals surface area contributed by atoms with Crippen LogP contribution in [-0.2, 0) is 0 Å². The molecule has 0 aliphatic rings. The average Bonchev–Trinajstić information content (AvgIpc) is 2.26. The summed E-state index contributed by atoms with van der Waals surface area (Å²) in [5.74, 6) is 0. The van der Waals surface area contributed by atoms with E-state index in [9.17, 15) is 0 Å². The van der Waals surface area contributed by atoms with Crippen LogP contribution in [0.15, 0.2) is 0 Å². The third kappa shape index (κ3) is 256. The molecule has 0 atom stereocenters. The Bertz CT molecular complexity index is 209. The first kappa shape index (κ1) is 27.7. The van der Waals surface area contributed by atoms with Gasteiger partial charge in [0.05, 0.1) is 15.3 Å². The van der Waals surface area contributed by atoms with E-state index in [0.717, 1.165) is 0 Å². The Kier molecular flexibility index (Phi) is 35.4. The summed E-state index contributed by atoms with van der Waals surface area (Å²) < 4.78 is 3.25. The van der Waals surface area contributed by atoms with Gasteiger partial charge in [-0.25, -0.2) is 0 Å². The molecule has 0 bridgehead atoms. The monoisotopic (exact) mass is 420 g/mol. The minimum atomic E-state index is -1.75. The van der Waals surface area contributed by atoms with Crippen LogP contribution in [-0.4, -0.2) is 36.4 Å². The van der Waals surface area contributed by atoms with Crippen LogP contribution in [0.1, 0.15) is 39.5 Å². The normalized spacial score (nSPS) is 7.71. The molecule has 0 N–H and O–H groups in total. The van der Waals surface area contributed by atoms with Gasteiger partial charge in [-0.1, -0.05) is 0 Å². The second-order valence-electron chi connectivity index (χ2n) is 3.13. The molecule has 5 radical (unpaired) electrons. The molecule has 0 aliphatic carbocycles. The molecule has 0 saturated carbocycles. The van der Waals surface area contributed by atoms with E-state index in [1.165, 1.54) is 25.7 Å². The minimum Gasteiger partial charge on any atom is -0.356 e. The molecule has 123 valence electrons. The predicted octanol–water partition coefficient (Wildman–Crippen LogP) is 2.41. The van der Waals surface area contributed by atoms with Crippen molar-refractivity contribution in [3.05, 3.63) is 46.0 Å². The summed E-state index contributed by atoms with van der Waals surface area (Å²) in [4.78, 5) is 24.8. The molecule has 0 aromatic rings. The van der Waals surface area contributed by atoms with Gasteiger partial charge >= 0.3 is 69.5 Å². The van der Waals surface area contributed by atoms with E-state index in [1.807, 2.05) is 0 Å².